The third kappa shape index (κ3) is 3.96. The first-order valence-corrected chi connectivity index (χ1v) is 9.88. The highest BCUT2D eigenvalue weighted by molar-refractivity contribution is 6.31. The molecule has 0 unspecified atom stereocenters. The first kappa shape index (κ1) is 18.7. The molecule has 6 heteroatoms. The Hall–Kier alpha value is -2.63. The summed E-state index contributed by atoms with van der Waals surface area (Å²) >= 11 is 6.00. The third-order valence-electron chi connectivity index (χ3n) is 5.24. The molecule has 4 rings (SSSR count). The van der Waals surface area contributed by atoms with E-state index < -0.39 is 0 Å². The van der Waals surface area contributed by atoms with Crippen LogP contribution in [0.5, 0.6) is 0 Å². The number of hydrogen-bond acceptors (Lipinski definition) is 3. The van der Waals surface area contributed by atoms with Crippen LogP contribution in [0.15, 0.2) is 59.4 Å². The Morgan fingerprint density at radius 1 is 1.07 bits per heavy atom. The standard InChI is InChI=1S/C22H22ClN3O2/c23-17-7-6-16-12-20(25-21(27)19(16)13-17)22(28)26(18-8-10-24-11-9-18)14-15-4-2-1-3-5-15/h1-7,12-13,18,24H,8-11,14H2,(H,25,27). The molecule has 2 heterocycles. The fourth-order valence-corrected chi connectivity index (χ4v) is 3.94. The minimum absolute atomic E-state index is 0.137. The van der Waals surface area contributed by atoms with E-state index in [1.165, 1.54) is 0 Å². The fourth-order valence-electron chi connectivity index (χ4n) is 3.77. The topological polar surface area (TPSA) is 65.2 Å². The van der Waals surface area contributed by atoms with E-state index in [4.69, 9.17) is 11.6 Å². The molecule has 28 heavy (non-hydrogen) atoms. The van der Waals surface area contributed by atoms with E-state index in [0.29, 0.717) is 28.0 Å². The quantitative estimate of drug-likeness (QED) is 0.709. The van der Waals surface area contributed by atoms with Gasteiger partial charge in [-0.25, -0.2) is 0 Å². The molecule has 0 atom stereocenters. The summed E-state index contributed by atoms with van der Waals surface area (Å²) in [6, 6.07) is 17.0. The second-order valence-corrected chi connectivity index (χ2v) is 7.58. The smallest absolute Gasteiger partial charge is 0.270 e. The highest BCUT2D eigenvalue weighted by Crippen LogP contribution is 2.21. The van der Waals surface area contributed by atoms with Gasteiger partial charge in [-0.15, -0.1) is 0 Å². The molecule has 1 aliphatic rings. The molecule has 1 fully saturated rings. The number of hydrogen-bond donors (Lipinski definition) is 2. The second kappa shape index (κ2) is 8.17. The summed E-state index contributed by atoms with van der Waals surface area (Å²) in [7, 11) is 0. The Kier molecular flexibility index (Phi) is 5.46. The highest BCUT2D eigenvalue weighted by atomic mass is 35.5. The summed E-state index contributed by atoms with van der Waals surface area (Å²) in [5.41, 5.74) is 1.09. The van der Waals surface area contributed by atoms with Crippen molar-refractivity contribution in [1.82, 2.24) is 15.2 Å². The van der Waals surface area contributed by atoms with E-state index in [1.54, 1.807) is 24.3 Å². The van der Waals surface area contributed by atoms with Crippen molar-refractivity contribution in [3.05, 3.63) is 81.2 Å². The summed E-state index contributed by atoms with van der Waals surface area (Å²) in [6.45, 7) is 2.29. The minimum atomic E-state index is -0.298. The van der Waals surface area contributed by atoms with Crippen LogP contribution in [0.4, 0.5) is 0 Å². The molecule has 0 spiro atoms. The molecule has 0 aliphatic carbocycles. The van der Waals surface area contributed by atoms with Crippen LogP contribution < -0.4 is 10.9 Å². The summed E-state index contributed by atoms with van der Waals surface area (Å²) in [5, 5.41) is 5.04. The molecule has 0 saturated carbocycles. The average Bonchev–Trinajstić information content (AvgIpc) is 2.73. The van der Waals surface area contributed by atoms with Gasteiger partial charge in [-0.3, -0.25) is 9.59 Å². The average molecular weight is 396 g/mol. The maximum absolute atomic E-state index is 13.4. The predicted octanol–water partition coefficient (Wildman–Crippen LogP) is 3.58. The normalized spacial score (nSPS) is 14.9. The number of fused-ring (bicyclic) bond motifs is 1. The number of amides is 1. The Morgan fingerprint density at radius 2 is 1.82 bits per heavy atom. The second-order valence-electron chi connectivity index (χ2n) is 7.14. The number of pyridine rings is 1. The number of aromatic nitrogens is 1. The number of carbonyl (C=O) groups is 1. The minimum Gasteiger partial charge on any atom is -0.330 e. The van der Waals surface area contributed by atoms with Crippen LogP contribution in [-0.2, 0) is 6.54 Å². The molecule has 2 N–H and O–H groups in total. The van der Waals surface area contributed by atoms with Gasteiger partial charge in [0.2, 0.25) is 0 Å². The molecule has 2 aromatic carbocycles. The molecule has 1 amide bonds. The summed E-state index contributed by atoms with van der Waals surface area (Å²) in [4.78, 5) is 30.6. The first-order valence-electron chi connectivity index (χ1n) is 9.50. The zero-order chi connectivity index (χ0) is 19.5. The van der Waals surface area contributed by atoms with Gasteiger partial charge in [-0.1, -0.05) is 48.0 Å². The van der Waals surface area contributed by atoms with Gasteiger partial charge in [0.05, 0.1) is 0 Å². The lowest BCUT2D eigenvalue weighted by Gasteiger charge is -2.34. The summed E-state index contributed by atoms with van der Waals surface area (Å²) in [5.74, 6) is -0.148. The molecule has 144 valence electrons. The number of halogens is 1. The van der Waals surface area contributed by atoms with Gasteiger partial charge in [0, 0.05) is 23.0 Å². The van der Waals surface area contributed by atoms with Crippen molar-refractivity contribution in [3.63, 3.8) is 0 Å². The number of aromatic amines is 1. The maximum atomic E-state index is 13.4. The monoisotopic (exact) mass is 395 g/mol. The zero-order valence-corrected chi connectivity index (χ0v) is 16.2. The molecule has 5 nitrogen and oxygen atoms in total. The van der Waals surface area contributed by atoms with Crippen molar-refractivity contribution in [2.24, 2.45) is 0 Å². The Balaban J connectivity index is 1.71. The van der Waals surface area contributed by atoms with E-state index in [9.17, 15) is 9.59 Å². The first-order chi connectivity index (χ1) is 13.6. The largest absolute Gasteiger partial charge is 0.330 e. The lowest BCUT2D eigenvalue weighted by Crippen LogP contribution is -2.46. The summed E-state index contributed by atoms with van der Waals surface area (Å²) < 4.78 is 0. The molecule has 1 saturated heterocycles. The Labute approximate surface area is 168 Å². The number of nitrogens with zero attached hydrogens (tertiary/aromatic N) is 1. The predicted molar refractivity (Wildman–Crippen MR) is 112 cm³/mol. The van der Waals surface area contributed by atoms with E-state index in [-0.39, 0.29) is 17.5 Å². The van der Waals surface area contributed by atoms with Crippen LogP contribution in [0, 0.1) is 0 Å². The Bertz CT molecular complexity index is 1040. The summed E-state index contributed by atoms with van der Waals surface area (Å²) in [6.07, 6.45) is 1.79. The fraction of sp³-hybridized carbons (Fsp3) is 0.273. The number of piperidine rings is 1. The SMILES string of the molecule is O=C(c1cc2ccc(Cl)cc2c(=O)[nH]1)N(Cc1ccccc1)C1CCNCC1. The van der Waals surface area contributed by atoms with Crippen molar-refractivity contribution in [2.75, 3.05) is 13.1 Å². The molecule has 3 aromatic rings. The van der Waals surface area contributed by atoms with Crippen molar-refractivity contribution < 1.29 is 4.79 Å². The molecule has 0 bridgehead atoms. The van der Waals surface area contributed by atoms with Crippen LogP contribution in [0.2, 0.25) is 5.02 Å². The lowest BCUT2D eigenvalue weighted by molar-refractivity contribution is 0.0617. The molecule has 1 aromatic heterocycles. The van der Waals surface area contributed by atoms with Crippen LogP contribution in [-0.4, -0.2) is 34.9 Å². The molecule has 0 radical (unpaired) electrons. The van der Waals surface area contributed by atoms with Gasteiger partial charge < -0.3 is 15.2 Å². The van der Waals surface area contributed by atoms with Crippen LogP contribution >= 0.6 is 11.6 Å². The van der Waals surface area contributed by atoms with E-state index in [1.807, 2.05) is 35.2 Å². The molecular formula is C22H22ClN3O2. The number of benzene rings is 2. The van der Waals surface area contributed by atoms with E-state index >= 15 is 0 Å². The van der Waals surface area contributed by atoms with Crippen LogP contribution in [0.25, 0.3) is 10.8 Å². The zero-order valence-electron chi connectivity index (χ0n) is 15.5. The molecule has 1 aliphatic heterocycles. The van der Waals surface area contributed by atoms with Crippen LogP contribution in [0.1, 0.15) is 28.9 Å². The van der Waals surface area contributed by atoms with Gasteiger partial charge in [-0.2, -0.15) is 0 Å². The van der Waals surface area contributed by atoms with Crippen LogP contribution in [0.3, 0.4) is 0 Å². The lowest BCUT2D eigenvalue weighted by atomic mass is 10.0. The van der Waals surface area contributed by atoms with Gasteiger partial charge in [0.1, 0.15) is 5.69 Å². The maximum Gasteiger partial charge on any atom is 0.270 e. The van der Waals surface area contributed by atoms with Crippen molar-refractivity contribution >= 4 is 28.3 Å². The highest BCUT2D eigenvalue weighted by Gasteiger charge is 2.27. The Morgan fingerprint density at radius 3 is 2.57 bits per heavy atom. The van der Waals surface area contributed by atoms with E-state index in [0.717, 1.165) is 31.5 Å². The van der Waals surface area contributed by atoms with Crippen molar-refractivity contribution in [3.8, 4) is 0 Å². The van der Waals surface area contributed by atoms with E-state index in [2.05, 4.69) is 10.3 Å². The van der Waals surface area contributed by atoms with Gasteiger partial charge >= 0.3 is 0 Å². The number of carbonyl (C=O) groups excluding carboxylic acids is 1. The molecular weight excluding hydrogens is 374 g/mol. The number of nitrogens with one attached hydrogen (secondary N) is 2. The van der Waals surface area contributed by atoms with Crippen molar-refractivity contribution in [2.45, 2.75) is 25.4 Å². The third-order valence-corrected chi connectivity index (χ3v) is 5.48. The van der Waals surface area contributed by atoms with Gasteiger partial charge in [-0.05, 0) is 55.1 Å². The van der Waals surface area contributed by atoms with Gasteiger partial charge in [0.15, 0.2) is 0 Å². The van der Waals surface area contributed by atoms with Gasteiger partial charge in [0.25, 0.3) is 11.5 Å². The number of rotatable bonds is 4. The van der Waals surface area contributed by atoms with Crippen molar-refractivity contribution in [1.29, 1.82) is 0 Å². The number of H-pyrrole nitrogens is 1.